The van der Waals surface area contributed by atoms with Crippen LogP contribution in [-0.2, 0) is 16.0 Å². The Morgan fingerprint density at radius 3 is 2.21 bits per heavy atom. The number of Topliss-reactive ketones (excluding diaryl/α,β-unsaturated/α-hetero) is 1. The number of anilines is 1. The second-order valence-corrected chi connectivity index (χ2v) is 8.99. The second kappa shape index (κ2) is 13.9. The molecule has 0 spiro atoms. The Hall–Kier alpha value is -2.70. The average molecular weight is 469 g/mol. The molecule has 6 heteroatoms. The van der Waals surface area contributed by atoms with Gasteiger partial charge in [-0.2, -0.15) is 0 Å². The fraction of sp³-hybridized carbons (Fsp3) is 0.500. The molecule has 0 heterocycles. The van der Waals surface area contributed by atoms with Gasteiger partial charge in [-0.3, -0.25) is 14.5 Å². The summed E-state index contributed by atoms with van der Waals surface area (Å²) in [4.78, 5) is 29.5. The highest BCUT2D eigenvalue weighted by molar-refractivity contribution is 6.03. The molecule has 0 aliphatic rings. The van der Waals surface area contributed by atoms with Gasteiger partial charge in [0.05, 0.1) is 12.1 Å². The van der Waals surface area contributed by atoms with Crippen LogP contribution in [0.4, 0.5) is 5.69 Å². The first kappa shape index (κ1) is 27.5. The number of ketones is 1. The number of unbranched alkanes of at least 4 members (excludes halogenated alkanes) is 2. The predicted molar refractivity (Wildman–Crippen MR) is 137 cm³/mol. The molecule has 0 aromatic heterocycles. The number of rotatable bonds is 15. The second-order valence-electron chi connectivity index (χ2n) is 8.99. The first-order chi connectivity index (χ1) is 16.3. The number of aliphatic hydroxyl groups excluding tert-OH is 1. The minimum absolute atomic E-state index is 0.119. The van der Waals surface area contributed by atoms with Crippen LogP contribution in [0.1, 0.15) is 54.9 Å². The number of benzene rings is 2. The molecule has 6 nitrogen and oxygen atoms in total. The van der Waals surface area contributed by atoms with Crippen LogP contribution in [0.25, 0.3) is 0 Å². The summed E-state index contributed by atoms with van der Waals surface area (Å²) in [6, 6.07) is 17.8. The molecule has 0 aliphatic carbocycles. The van der Waals surface area contributed by atoms with Crippen molar-refractivity contribution in [3.05, 3.63) is 65.7 Å². The fourth-order valence-electron chi connectivity index (χ4n) is 4.17. The van der Waals surface area contributed by atoms with E-state index in [4.69, 9.17) is 9.84 Å². The van der Waals surface area contributed by atoms with E-state index in [1.807, 2.05) is 73.4 Å². The Balaban J connectivity index is 1.98. The van der Waals surface area contributed by atoms with Crippen LogP contribution < -0.4 is 4.90 Å². The van der Waals surface area contributed by atoms with E-state index in [-0.39, 0.29) is 18.4 Å². The van der Waals surface area contributed by atoms with Gasteiger partial charge in [-0.05, 0) is 69.6 Å². The van der Waals surface area contributed by atoms with Crippen LogP contribution in [0.2, 0.25) is 0 Å². The predicted octanol–water partition coefficient (Wildman–Crippen LogP) is 4.35. The summed E-state index contributed by atoms with van der Waals surface area (Å²) < 4.78 is 5.32. The Bertz CT molecular complexity index is 883. The van der Waals surface area contributed by atoms with Gasteiger partial charge in [0.1, 0.15) is 6.61 Å². The normalized spacial score (nSPS) is 12.9. The fourth-order valence-corrected chi connectivity index (χ4v) is 4.17. The first-order valence-electron chi connectivity index (χ1n) is 12.2. The molecule has 1 N–H and O–H groups in total. The van der Waals surface area contributed by atoms with Crippen LogP contribution in [0.3, 0.4) is 0 Å². The lowest BCUT2D eigenvalue weighted by Crippen LogP contribution is -2.52. The number of hydrogen-bond donors (Lipinski definition) is 1. The monoisotopic (exact) mass is 468 g/mol. The number of carbonyl (C=O) groups excluding carboxylic acids is 2. The molecule has 0 aliphatic heterocycles. The van der Waals surface area contributed by atoms with Crippen molar-refractivity contribution in [2.45, 2.75) is 51.0 Å². The molecule has 2 aromatic carbocycles. The van der Waals surface area contributed by atoms with Crippen LogP contribution in [0.5, 0.6) is 0 Å². The molecule has 0 saturated heterocycles. The third-order valence-corrected chi connectivity index (χ3v) is 6.50. The molecule has 0 amide bonds. The standard InChI is InChI=1S/C28H40N2O4/c1-5-28(29(2)3,22-23-12-8-6-9-13-23)27(33)24-15-17-25(18-16-24)30(4)19-21-34-26(32)14-10-7-11-20-31/h6,8-9,12-13,15-18,31H,5,7,10-11,14,19-22H2,1-4H3. The number of carbonyl (C=O) groups is 2. The van der Waals surface area contributed by atoms with Gasteiger partial charge >= 0.3 is 5.97 Å². The van der Waals surface area contributed by atoms with Crippen molar-refractivity contribution in [2.24, 2.45) is 0 Å². The molecular formula is C28H40N2O4. The van der Waals surface area contributed by atoms with Crippen LogP contribution >= 0.6 is 0 Å². The average Bonchev–Trinajstić information content (AvgIpc) is 2.85. The number of likely N-dealkylation sites (N-methyl/N-ethyl adjacent to an activating group) is 2. The summed E-state index contributed by atoms with van der Waals surface area (Å²) in [7, 11) is 5.89. The summed E-state index contributed by atoms with van der Waals surface area (Å²) in [5.41, 5.74) is 2.19. The van der Waals surface area contributed by atoms with Crippen LogP contribution in [0, 0.1) is 0 Å². The minimum atomic E-state index is -0.611. The maximum absolute atomic E-state index is 13.7. The van der Waals surface area contributed by atoms with Gasteiger partial charge in [0.25, 0.3) is 0 Å². The van der Waals surface area contributed by atoms with E-state index in [0.29, 0.717) is 44.4 Å². The van der Waals surface area contributed by atoms with E-state index in [2.05, 4.69) is 19.1 Å². The van der Waals surface area contributed by atoms with E-state index in [0.717, 1.165) is 24.1 Å². The third kappa shape index (κ3) is 7.67. The van der Waals surface area contributed by atoms with E-state index < -0.39 is 5.54 Å². The van der Waals surface area contributed by atoms with Crippen molar-refractivity contribution in [1.82, 2.24) is 4.90 Å². The lowest BCUT2D eigenvalue weighted by atomic mass is 9.80. The van der Waals surface area contributed by atoms with Crippen molar-refractivity contribution in [3.8, 4) is 0 Å². The van der Waals surface area contributed by atoms with Gasteiger partial charge < -0.3 is 14.7 Å². The van der Waals surface area contributed by atoms with E-state index >= 15 is 0 Å². The summed E-state index contributed by atoms with van der Waals surface area (Å²) in [5.74, 6) is -0.0847. The van der Waals surface area contributed by atoms with Crippen molar-refractivity contribution in [2.75, 3.05) is 45.8 Å². The molecule has 1 unspecified atom stereocenters. The number of aliphatic hydroxyl groups is 1. The maximum atomic E-state index is 13.7. The van der Waals surface area contributed by atoms with E-state index in [1.54, 1.807) is 0 Å². The van der Waals surface area contributed by atoms with Gasteiger partial charge in [-0.15, -0.1) is 0 Å². The van der Waals surface area contributed by atoms with Gasteiger partial charge in [0, 0.05) is 31.3 Å². The van der Waals surface area contributed by atoms with E-state index in [1.165, 1.54) is 0 Å². The summed E-state index contributed by atoms with van der Waals surface area (Å²) in [6.45, 7) is 3.11. The Morgan fingerprint density at radius 1 is 0.941 bits per heavy atom. The zero-order chi connectivity index (χ0) is 25.0. The minimum Gasteiger partial charge on any atom is -0.464 e. The molecule has 186 valence electrons. The topological polar surface area (TPSA) is 70.1 Å². The smallest absolute Gasteiger partial charge is 0.305 e. The summed E-state index contributed by atoms with van der Waals surface area (Å²) in [6.07, 6.45) is 4.03. The van der Waals surface area contributed by atoms with Crippen molar-refractivity contribution < 1.29 is 19.4 Å². The maximum Gasteiger partial charge on any atom is 0.305 e. The Labute approximate surface area is 204 Å². The molecule has 2 aromatic rings. The largest absolute Gasteiger partial charge is 0.464 e. The zero-order valence-electron chi connectivity index (χ0n) is 21.1. The number of nitrogens with zero attached hydrogens (tertiary/aromatic N) is 2. The quantitative estimate of drug-likeness (QED) is 0.238. The molecule has 0 fully saturated rings. The van der Waals surface area contributed by atoms with Gasteiger partial charge in [-0.25, -0.2) is 0 Å². The highest BCUT2D eigenvalue weighted by atomic mass is 16.5. The lowest BCUT2D eigenvalue weighted by Gasteiger charge is -2.38. The molecule has 2 rings (SSSR count). The van der Waals surface area contributed by atoms with Crippen molar-refractivity contribution >= 4 is 17.4 Å². The zero-order valence-corrected chi connectivity index (χ0v) is 21.1. The SMILES string of the molecule is CCC(Cc1ccccc1)(C(=O)c1ccc(N(C)CCOC(=O)CCCCCO)cc1)N(C)C. The number of hydrogen-bond acceptors (Lipinski definition) is 6. The van der Waals surface area contributed by atoms with Gasteiger partial charge in [0.15, 0.2) is 5.78 Å². The number of esters is 1. The third-order valence-electron chi connectivity index (χ3n) is 6.50. The van der Waals surface area contributed by atoms with Crippen molar-refractivity contribution in [1.29, 1.82) is 0 Å². The molecule has 34 heavy (non-hydrogen) atoms. The van der Waals surface area contributed by atoms with E-state index in [9.17, 15) is 9.59 Å². The van der Waals surface area contributed by atoms with Gasteiger partial charge in [0.2, 0.25) is 0 Å². The lowest BCUT2D eigenvalue weighted by molar-refractivity contribution is -0.143. The first-order valence-corrected chi connectivity index (χ1v) is 12.2. The highest BCUT2D eigenvalue weighted by Crippen LogP contribution is 2.28. The Kier molecular flexibility index (Phi) is 11.2. The summed E-state index contributed by atoms with van der Waals surface area (Å²) >= 11 is 0. The molecule has 1 atom stereocenters. The molecule has 0 bridgehead atoms. The highest BCUT2D eigenvalue weighted by Gasteiger charge is 2.39. The van der Waals surface area contributed by atoms with Crippen LogP contribution in [-0.4, -0.2) is 68.2 Å². The van der Waals surface area contributed by atoms with Gasteiger partial charge in [-0.1, -0.05) is 43.7 Å². The van der Waals surface area contributed by atoms with Crippen LogP contribution in [0.15, 0.2) is 54.6 Å². The Morgan fingerprint density at radius 2 is 1.62 bits per heavy atom. The summed E-state index contributed by atoms with van der Waals surface area (Å²) in [5, 5.41) is 8.78. The van der Waals surface area contributed by atoms with Crippen molar-refractivity contribution in [3.63, 3.8) is 0 Å². The number of ether oxygens (including phenoxy) is 1. The molecular weight excluding hydrogens is 428 g/mol. The molecule has 0 radical (unpaired) electrons. The molecule has 0 saturated carbocycles.